The molecular formula is C18H19N3O2. The Morgan fingerprint density at radius 1 is 1.17 bits per heavy atom. The monoisotopic (exact) mass is 309 g/mol. The van der Waals surface area contributed by atoms with Crippen LogP contribution in [0, 0.1) is 5.92 Å². The van der Waals surface area contributed by atoms with E-state index in [9.17, 15) is 9.59 Å². The van der Waals surface area contributed by atoms with Gasteiger partial charge in [0, 0.05) is 24.0 Å². The van der Waals surface area contributed by atoms with Gasteiger partial charge in [0.2, 0.25) is 5.91 Å². The number of hydrogen-bond acceptors (Lipinski definition) is 3. The lowest BCUT2D eigenvalue weighted by Gasteiger charge is -2.15. The van der Waals surface area contributed by atoms with E-state index in [1.165, 1.54) is 0 Å². The summed E-state index contributed by atoms with van der Waals surface area (Å²) in [6, 6.07) is 10.9. The van der Waals surface area contributed by atoms with Gasteiger partial charge in [-0.25, -0.2) is 0 Å². The van der Waals surface area contributed by atoms with E-state index in [0.717, 1.165) is 24.1 Å². The number of benzene rings is 1. The van der Waals surface area contributed by atoms with Crippen molar-refractivity contribution < 1.29 is 9.59 Å². The van der Waals surface area contributed by atoms with E-state index < -0.39 is 0 Å². The maximum atomic E-state index is 12.1. The van der Waals surface area contributed by atoms with Crippen molar-refractivity contribution in [1.29, 1.82) is 0 Å². The predicted octanol–water partition coefficient (Wildman–Crippen LogP) is 2.92. The molecule has 118 valence electrons. The third-order valence-corrected chi connectivity index (χ3v) is 3.90. The van der Waals surface area contributed by atoms with E-state index >= 15 is 0 Å². The van der Waals surface area contributed by atoms with Crippen molar-refractivity contribution in [3.63, 3.8) is 0 Å². The van der Waals surface area contributed by atoms with Crippen molar-refractivity contribution in [2.75, 3.05) is 5.32 Å². The van der Waals surface area contributed by atoms with E-state index in [0.29, 0.717) is 5.56 Å². The van der Waals surface area contributed by atoms with Gasteiger partial charge < -0.3 is 10.6 Å². The van der Waals surface area contributed by atoms with E-state index in [1.54, 1.807) is 24.5 Å². The van der Waals surface area contributed by atoms with Crippen LogP contribution in [0.25, 0.3) is 0 Å². The predicted molar refractivity (Wildman–Crippen MR) is 87.9 cm³/mol. The molecule has 1 aromatic heterocycles. The maximum Gasteiger partial charge on any atom is 0.253 e. The molecule has 1 aliphatic carbocycles. The number of hydrogen-bond donors (Lipinski definition) is 2. The molecule has 1 unspecified atom stereocenters. The number of amides is 2. The van der Waals surface area contributed by atoms with E-state index in [4.69, 9.17) is 0 Å². The first-order valence-corrected chi connectivity index (χ1v) is 7.75. The summed E-state index contributed by atoms with van der Waals surface area (Å²) in [5.74, 6) is 0.125. The van der Waals surface area contributed by atoms with E-state index in [-0.39, 0.29) is 23.8 Å². The number of carbonyl (C=O) groups is 2. The molecule has 0 saturated heterocycles. The fourth-order valence-corrected chi connectivity index (χ4v) is 2.31. The van der Waals surface area contributed by atoms with Crippen LogP contribution >= 0.6 is 0 Å². The second-order valence-electron chi connectivity index (χ2n) is 5.82. The second-order valence-corrected chi connectivity index (χ2v) is 5.82. The van der Waals surface area contributed by atoms with Crippen LogP contribution in [0.5, 0.6) is 0 Å². The number of rotatable bonds is 5. The Balaban J connectivity index is 1.59. The van der Waals surface area contributed by atoms with E-state index in [1.807, 2.05) is 31.2 Å². The van der Waals surface area contributed by atoms with Gasteiger partial charge in [-0.1, -0.05) is 12.1 Å². The van der Waals surface area contributed by atoms with Crippen LogP contribution in [0.1, 0.15) is 41.7 Å². The summed E-state index contributed by atoms with van der Waals surface area (Å²) in [5.41, 5.74) is 2.30. The normalized spacial score (nSPS) is 14.8. The third-order valence-electron chi connectivity index (χ3n) is 3.90. The average Bonchev–Trinajstić information content (AvgIpc) is 3.41. The molecule has 2 N–H and O–H groups in total. The number of aromatic nitrogens is 1. The van der Waals surface area contributed by atoms with Gasteiger partial charge >= 0.3 is 0 Å². The van der Waals surface area contributed by atoms with Gasteiger partial charge in [0.05, 0.1) is 11.6 Å². The second kappa shape index (κ2) is 6.60. The molecule has 5 heteroatoms. The molecule has 1 heterocycles. The molecule has 0 spiro atoms. The molecule has 0 radical (unpaired) electrons. The Morgan fingerprint density at radius 3 is 2.52 bits per heavy atom. The zero-order valence-corrected chi connectivity index (χ0v) is 13.0. The maximum absolute atomic E-state index is 12.1. The smallest absolute Gasteiger partial charge is 0.253 e. The van der Waals surface area contributed by atoms with Gasteiger partial charge in [0.15, 0.2) is 0 Å². The molecule has 0 bridgehead atoms. The van der Waals surface area contributed by atoms with Crippen molar-refractivity contribution in [3.8, 4) is 0 Å². The third kappa shape index (κ3) is 3.94. The first kappa shape index (κ1) is 15.2. The Labute approximate surface area is 135 Å². The summed E-state index contributed by atoms with van der Waals surface area (Å²) in [7, 11) is 0. The van der Waals surface area contributed by atoms with Crippen LogP contribution in [-0.4, -0.2) is 16.8 Å². The summed E-state index contributed by atoms with van der Waals surface area (Å²) >= 11 is 0. The highest BCUT2D eigenvalue weighted by atomic mass is 16.2. The lowest BCUT2D eigenvalue weighted by molar-refractivity contribution is -0.117. The van der Waals surface area contributed by atoms with Crippen LogP contribution in [0.15, 0.2) is 48.8 Å². The molecule has 1 saturated carbocycles. The minimum Gasteiger partial charge on any atom is -0.345 e. The Morgan fingerprint density at radius 2 is 1.91 bits per heavy atom. The topological polar surface area (TPSA) is 71.1 Å². The van der Waals surface area contributed by atoms with Crippen molar-refractivity contribution >= 4 is 17.5 Å². The molecule has 1 aliphatic rings. The van der Waals surface area contributed by atoms with Gasteiger partial charge in [-0.2, -0.15) is 0 Å². The highest BCUT2D eigenvalue weighted by Crippen LogP contribution is 2.30. The number of anilines is 1. The lowest BCUT2D eigenvalue weighted by atomic mass is 10.1. The number of nitrogens with one attached hydrogen (secondary N) is 2. The first-order valence-electron chi connectivity index (χ1n) is 7.75. The van der Waals surface area contributed by atoms with Crippen molar-refractivity contribution in [3.05, 3.63) is 59.9 Å². The van der Waals surface area contributed by atoms with Gasteiger partial charge in [-0.05, 0) is 49.6 Å². The summed E-state index contributed by atoms with van der Waals surface area (Å²) < 4.78 is 0. The average molecular weight is 309 g/mol. The molecule has 5 nitrogen and oxygen atoms in total. The lowest BCUT2D eigenvalue weighted by Crippen LogP contribution is -2.26. The summed E-state index contributed by atoms with van der Waals surface area (Å²) in [4.78, 5) is 27.8. The van der Waals surface area contributed by atoms with Gasteiger partial charge in [-0.3, -0.25) is 14.6 Å². The van der Waals surface area contributed by atoms with Crippen LogP contribution < -0.4 is 10.6 Å². The zero-order chi connectivity index (χ0) is 16.2. The van der Waals surface area contributed by atoms with Crippen LogP contribution in [0.2, 0.25) is 0 Å². The van der Waals surface area contributed by atoms with Gasteiger partial charge in [-0.15, -0.1) is 0 Å². The zero-order valence-electron chi connectivity index (χ0n) is 13.0. The number of nitrogens with zero attached hydrogens (tertiary/aromatic N) is 1. The quantitative estimate of drug-likeness (QED) is 0.892. The number of carbonyl (C=O) groups excluding carboxylic acids is 2. The summed E-state index contributed by atoms with van der Waals surface area (Å²) in [5, 5.41) is 5.84. The summed E-state index contributed by atoms with van der Waals surface area (Å²) in [6.07, 6.45) is 5.15. The van der Waals surface area contributed by atoms with Crippen molar-refractivity contribution in [1.82, 2.24) is 10.3 Å². The van der Waals surface area contributed by atoms with Crippen LogP contribution in [0.4, 0.5) is 5.69 Å². The molecule has 2 aromatic rings. The molecule has 2 amide bonds. The Hall–Kier alpha value is -2.69. The van der Waals surface area contributed by atoms with Gasteiger partial charge in [0.25, 0.3) is 5.91 Å². The first-order chi connectivity index (χ1) is 11.1. The molecule has 23 heavy (non-hydrogen) atoms. The Kier molecular flexibility index (Phi) is 4.37. The summed E-state index contributed by atoms with van der Waals surface area (Å²) in [6.45, 7) is 1.92. The minimum absolute atomic E-state index is 0.0932. The molecule has 0 aliphatic heterocycles. The SMILES string of the molecule is CC(NC(=O)c1cccnc1)c1ccc(NC(=O)C2CC2)cc1. The fraction of sp³-hybridized carbons (Fsp3) is 0.278. The highest BCUT2D eigenvalue weighted by Gasteiger charge is 2.29. The van der Waals surface area contributed by atoms with Crippen LogP contribution in [0.3, 0.4) is 0 Å². The minimum atomic E-state index is -0.156. The molecular weight excluding hydrogens is 290 g/mol. The van der Waals surface area contributed by atoms with E-state index in [2.05, 4.69) is 15.6 Å². The molecule has 3 rings (SSSR count). The molecule has 1 fully saturated rings. The number of pyridine rings is 1. The van der Waals surface area contributed by atoms with Crippen molar-refractivity contribution in [2.24, 2.45) is 5.92 Å². The van der Waals surface area contributed by atoms with Crippen molar-refractivity contribution in [2.45, 2.75) is 25.8 Å². The largest absolute Gasteiger partial charge is 0.345 e. The fourth-order valence-electron chi connectivity index (χ4n) is 2.31. The standard InChI is InChI=1S/C18H19N3O2/c1-12(20-18(23)15-3-2-10-19-11-15)13-6-8-16(9-7-13)21-17(22)14-4-5-14/h2-3,6-12,14H,4-5H2,1H3,(H,20,23)(H,21,22). The Bertz CT molecular complexity index is 694. The molecule has 1 aromatic carbocycles. The highest BCUT2D eigenvalue weighted by molar-refractivity contribution is 5.94. The molecule has 1 atom stereocenters. The van der Waals surface area contributed by atoms with Crippen LogP contribution in [-0.2, 0) is 4.79 Å². The van der Waals surface area contributed by atoms with Gasteiger partial charge in [0.1, 0.15) is 0 Å².